The quantitative estimate of drug-likeness (QED) is 0.418. The number of halogens is 1. The first-order chi connectivity index (χ1) is 20.0. The molecular formula is C25H27FN8O2. The van der Waals surface area contributed by atoms with Crippen molar-refractivity contribution in [3.05, 3.63) is 71.2 Å². The smallest absolute Gasteiger partial charge is 0.290 e. The predicted molar refractivity (Wildman–Crippen MR) is 131 cm³/mol. The van der Waals surface area contributed by atoms with E-state index >= 15 is 0 Å². The van der Waals surface area contributed by atoms with Crippen molar-refractivity contribution in [2.24, 2.45) is 7.05 Å². The van der Waals surface area contributed by atoms with Crippen molar-refractivity contribution >= 4 is 17.7 Å². The van der Waals surface area contributed by atoms with Gasteiger partial charge in [-0.25, -0.2) is 19.3 Å². The molecule has 1 aliphatic heterocycles. The summed E-state index contributed by atoms with van der Waals surface area (Å²) in [4.78, 5) is 27.7. The molecule has 0 saturated heterocycles. The highest BCUT2D eigenvalue weighted by atomic mass is 19.1. The van der Waals surface area contributed by atoms with E-state index in [9.17, 15) is 9.18 Å². The third-order valence-corrected chi connectivity index (χ3v) is 5.76. The standard InChI is InChI=1S/C25H27FN8O2/c1-15-5-6-17(9-19(15)26)11-34-18(14-36-4)12-33-13-20(29-23(33)24(34)35)22-16(2)10-27-25(31-22)30-21-7-8-28-32(21)3/h5-10,13,18H,11-12,14H2,1-4H3,(H,27,30,31)/i4D3,11D2,14D2. The SMILES string of the molecule is [2H]C([2H])([2H])OC([2H])([2H])C1Cn2cc(-c3nc(Nc4ccnn4C)ncc3C)nc2C(=O)N1C([2H])([2H])c1ccc(C)c(F)c1. The molecule has 0 bridgehead atoms. The van der Waals surface area contributed by atoms with Gasteiger partial charge in [0.2, 0.25) is 5.95 Å². The van der Waals surface area contributed by atoms with Gasteiger partial charge in [0, 0.05) is 45.6 Å². The molecule has 1 N–H and O–H groups in total. The van der Waals surface area contributed by atoms with Gasteiger partial charge in [0.05, 0.1) is 34.1 Å². The fourth-order valence-corrected chi connectivity index (χ4v) is 3.82. The second-order valence-electron chi connectivity index (χ2n) is 8.28. The highest BCUT2D eigenvalue weighted by molar-refractivity contribution is 5.92. The second-order valence-corrected chi connectivity index (χ2v) is 8.28. The van der Waals surface area contributed by atoms with E-state index in [1.165, 1.54) is 29.8 Å². The maximum atomic E-state index is 14.5. The highest BCUT2D eigenvalue weighted by Gasteiger charge is 2.35. The summed E-state index contributed by atoms with van der Waals surface area (Å²) in [5.74, 6) is -1.24. The molecule has 4 aromatic rings. The van der Waals surface area contributed by atoms with Crippen LogP contribution in [0.2, 0.25) is 0 Å². The number of carbonyl (C=O) groups excluding carboxylic acids is 1. The van der Waals surface area contributed by atoms with Crippen LogP contribution in [-0.2, 0) is 24.8 Å². The number of methoxy groups -OCH3 is 1. The summed E-state index contributed by atoms with van der Waals surface area (Å²) in [7, 11) is -1.48. The summed E-state index contributed by atoms with van der Waals surface area (Å²) in [6, 6.07) is 3.43. The molecule has 3 aromatic heterocycles. The number of imidazole rings is 1. The Balaban J connectivity index is 1.59. The minimum Gasteiger partial charge on any atom is -0.382 e. The van der Waals surface area contributed by atoms with Gasteiger partial charge in [-0.15, -0.1) is 0 Å². The molecule has 186 valence electrons. The molecule has 1 aliphatic rings. The van der Waals surface area contributed by atoms with Crippen LogP contribution in [-0.4, -0.2) is 59.7 Å². The lowest BCUT2D eigenvalue weighted by molar-refractivity contribution is 0.0380. The third kappa shape index (κ3) is 4.44. The Morgan fingerprint density at radius 2 is 2.14 bits per heavy atom. The van der Waals surface area contributed by atoms with E-state index in [-0.39, 0.29) is 28.6 Å². The predicted octanol–water partition coefficient (Wildman–Crippen LogP) is 3.24. The topological polar surface area (TPSA) is 103 Å². The summed E-state index contributed by atoms with van der Waals surface area (Å²) >= 11 is 0. The number of rotatable bonds is 7. The lowest BCUT2D eigenvalue weighted by Crippen LogP contribution is -2.49. The van der Waals surface area contributed by atoms with Gasteiger partial charge in [-0.05, 0) is 36.6 Å². The molecule has 36 heavy (non-hydrogen) atoms. The number of fused-ring (bicyclic) bond motifs is 1. The zero-order valence-corrected chi connectivity index (χ0v) is 19.7. The van der Waals surface area contributed by atoms with Gasteiger partial charge < -0.3 is 19.5 Å². The summed E-state index contributed by atoms with van der Waals surface area (Å²) in [5, 5.41) is 7.11. The van der Waals surface area contributed by atoms with Crippen LogP contribution in [0.25, 0.3) is 11.4 Å². The van der Waals surface area contributed by atoms with Gasteiger partial charge in [0.1, 0.15) is 17.3 Å². The molecule has 1 atom stereocenters. The zero-order valence-electron chi connectivity index (χ0n) is 26.7. The molecule has 11 heteroatoms. The Labute approximate surface area is 217 Å². The van der Waals surface area contributed by atoms with Gasteiger partial charge >= 0.3 is 0 Å². The van der Waals surface area contributed by atoms with Gasteiger partial charge in [-0.1, -0.05) is 12.1 Å². The fraction of sp³-hybridized carbons (Fsp3) is 0.320. The molecule has 0 aliphatic carbocycles. The van der Waals surface area contributed by atoms with Crippen LogP contribution in [0.3, 0.4) is 0 Å². The number of aromatic nitrogens is 6. The number of carbonyl (C=O) groups is 1. The van der Waals surface area contributed by atoms with Gasteiger partial charge in [0.15, 0.2) is 5.82 Å². The van der Waals surface area contributed by atoms with E-state index in [1.807, 2.05) is 0 Å². The largest absolute Gasteiger partial charge is 0.382 e. The lowest BCUT2D eigenvalue weighted by Gasteiger charge is -2.35. The van der Waals surface area contributed by atoms with Crippen molar-refractivity contribution in [1.29, 1.82) is 0 Å². The van der Waals surface area contributed by atoms with E-state index < -0.39 is 44.4 Å². The van der Waals surface area contributed by atoms with Crippen molar-refractivity contribution in [1.82, 2.24) is 34.2 Å². The molecule has 0 spiro atoms. The van der Waals surface area contributed by atoms with Crippen LogP contribution in [0.1, 0.15) is 36.9 Å². The van der Waals surface area contributed by atoms with Crippen LogP contribution in [0.15, 0.2) is 42.9 Å². The first kappa shape index (κ1) is 16.5. The average Bonchev–Trinajstić information content (AvgIpc) is 3.51. The van der Waals surface area contributed by atoms with Crippen LogP contribution in [0, 0.1) is 19.7 Å². The van der Waals surface area contributed by atoms with E-state index in [2.05, 4.69) is 25.4 Å². The van der Waals surface area contributed by atoms with Crippen molar-refractivity contribution in [3.63, 3.8) is 0 Å². The van der Waals surface area contributed by atoms with Crippen molar-refractivity contribution in [2.75, 3.05) is 18.9 Å². The maximum Gasteiger partial charge on any atom is 0.290 e. The Morgan fingerprint density at radius 3 is 2.89 bits per heavy atom. The number of nitrogens with zero attached hydrogens (tertiary/aromatic N) is 7. The molecule has 0 saturated carbocycles. The normalized spacial score (nSPS) is 19.3. The van der Waals surface area contributed by atoms with E-state index in [1.54, 1.807) is 37.1 Å². The number of ether oxygens (including phenoxy) is 1. The number of hydrogen-bond acceptors (Lipinski definition) is 7. The molecule has 5 rings (SSSR count). The van der Waals surface area contributed by atoms with Crippen molar-refractivity contribution < 1.29 is 23.5 Å². The van der Waals surface area contributed by atoms with Crippen molar-refractivity contribution in [3.8, 4) is 11.4 Å². The molecule has 1 unspecified atom stereocenters. The number of benzene rings is 1. The van der Waals surface area contributed by atoms with Crippen LogP contribution in [0.5, 0.6) is 0 Å². The van der Waals surface area contributed by atoms with Crippen molar-refractivity contribution in [2.45, 2.75) is 32.9 Å². The molecule has 0 radical (unpaired) electrons. The summed E-state index contributed by atoms with van der Waals surface area (Å²) in [6.45, 7) is -3.09. The third-order valence-electron chi connectivity index (χ3n) is 5.76. The first-order valence-electron chi connectivity index (χ1n) is 14.4. The van der Waals surface area contributed by atoms with Crippen LogP contribution >= 0.6 is 0 Å². The van der Waals surface area contributed by atoms with Crippen LogP contribution in [0.4, 0.5) is 16.2 Å². The minimum atomic E-state index is -3.21. The molecular weight excluding hydrogens is 463 g/mol. The first-order valence-corrected chi connectivity index (χ1v) is 10.9. The molecule has 10 nitrogen and oxygen atoms in total. The number of anilines is 2. The summed E-state index contributed by atoms with van der Waals surface area (Å²) in [5.41, 5.74) is 1.09. The average molecular weight is 498 g/mol. The Morgan fingerprint density at radius 1 is 1.28 bits per heavy atom. The zero-order chi connectivity index (χ0) is 31.5. The monoisotopic (exact) mass is 497 g/mol. The van der Waals surface area contributed by atoms with Crippen LogP contribution < -0.4 is 5.32 Å². The molecule has 0 fully saturated rings. The van der Waals surface area contributed by atoms with E-state index in [0.29, 0.717) is 22.0 Å². The lowest BCUT2D eigenvalue weighted by atomic mass is 10.1. The summed E-state index contributed by atoms with van der Waals surface area (Å²) < 4.78 is 79.2. The maximum absolute atomic E-state index is 14.5. The van der Waals surface area contributed by atoms with Gasteiger partial charge in [-0.2, -0.15) is 5.10 Å². The number of amides is 1. The van der Waals surface area contributed by atoms with E-state index in [0.717, 1.165) is 6.07 Å². The Kier molecular flexibility index (Phi) is 4.36. The Hall–Kier alpha value is -4.12. The van der Waals surface area contributed by atoms with Gasteiger partial charge in [0.25, 0.3) is 5.91 Å². The highest BCUT2D eigenvalue weighted by Crippen LogP contribution is 2.27. The number of hydrogen-bond donors (Lipinski definition) is 1. The Bertz CT molecular complexity index is 1700. The summed E-state index contributed by atoms with van der Waals surface area (Å²) in [6.07, 6.45) is 4.57. The van der Waals surface area contributed by atoms with Gasteiger partial charge in [-0.3, -0.25) is 9.48 Å². The molecule has 1 amide bonds. The number of aryl methyl sites for hydroxylation is 3. The minimum absolute atomic E-state index is 0.205. The second kappa shape index (κ2) is 9.50. The molecule has 4 heterocycles. The fourth-order valence-electron chi connectivity index (χ4n) is 3.82. The molecule has 1 aromatic carbocycles. The van der Waals surface area contributed by atoms with E-state index in [4.69, 9.17) is 14.3 Å². The number of nitrogens with one attached hydrogen (secondary N) is 1.